The molecule has 0 saturated carbocycles. The molecule has 27 heavy (non-hydrogen) atoms. The van der Waals surface area contributed by atoms with Crippen LogP contribution in [-0.4, -0.2) is 66.0 Å². The van der Waals surface area contributed by atoms with Crippen LogP contribution in [0.4, 0.5) is 13.2 Å². The third-order valence-electron chi connectivity index (χ3n) is 3.25. The number of esters is 3. The molecule has 0 aliphatic carbocycles. The van der Waals surface area contributed by atoms with Crippen LogP contribution in [0.2, 0.25) is 0 Å². The number of alkyl halides is 4. The molecule has 0 aromatic carbocycles. The van der Waals surface area contributed by atoms with Gasteiger partial charge in [-0.1, -0.05) is 15.9 Å². The van der Waals surface area contributed by atoms with Gasteiger partial charge in [0.05, 0.1) is 0 Å². The number of hydrogen-bond donors (Lipinski definition) is 1. The van der Waals surface area contributed by atoms with Gasteiger partial charge in [-0.05, 0) is 0 Å². The van der Waals surface area contributed by atoms with Crippen molar-refractivity contribution in [1.82, 2.24) is 5.32 Å². The predicted molar refractivity (Wildman–Crippen MR) is 83.3 cm³/mol. The van der Waals surface area contributed by atoms with Gasteiger partial charge in [0.25, 0.3) is 0 Å². The molecule has 0 bridgehead atoms. The molecule has 1 saturated heterocycles. The Kier molecular flexibility index (Phi) is 8.02. The second-order valence-corrected chi connectivity index (χ2v) is 6.38. The van der Waals surface area contributed by atoms with Crippen LogP contribution in [0.25, 0.3) is 0 Å². The molecule has 0 unspecified atom stereocenters. The Morgan fingerprint density at radius 3 is 1.96 bits per heavy atom. The fourth-order valence-corrected chi connectivity index (χ4v) is 3.01. The molecule has 0 aromatic heterocycles. The van der Waals surface area contributed by atoms with Crippen LogP contribution in [0.15, 0.2) is 0 Å². The number of amides is 1. The van der Waals surface area contributed by atoms with Crippen LogP contribution in [0.3, 0.4) is 0 Å². The summed E-state index contributed by atoms with van der Waals surface area (Å²) in [4.78, 5) is 45.1. The zero-order valence-electron chi connectivity index (χ0n) is 14.4. The lowest BCUT2D eigenvalue weighted by Gasteiger charge is -2.43. The number of halogens is 4. The van der Waals surface area contributed by atoms with E-state index in [-0.39, 0.29) is 0 Å². The minimum Gasteiger partial charge on any atom is -0.463 e. The Morgan fingerprint density at radius 1 is 1.00 bits per heavy atom. The van der Waals surface area contributed by atoms with Crippen LogP contribution in [0, 0.1) is 0 Å². The van der Waals surface area contributed by atoms with Crippen LogP contribution in [0.1, 0.15) is 20.8 Å². The highest BCUT2D eigenvalue weighted by atomic mass is 79.9. The zero-order valence-corrected chi connectivity index (χ0v) is 16.0. The third kappa shape index (κ3) is 6.97. The van der Waals surface area contributed by atoms with E-state index in [0.29, 0.717) is 0 Å². The Bertz CT molecular complexity index is 599. The number of hydrogen-bond acceptors (Lipinski definition) is 8. The zero-order chi connectivity index (χ0) is 20.9. The Balaban J connectivity index is 3.23. The van der Waals surface area contributed by atoms with E-state index in [1.807, 2.05) is 0 Å². The highest BCUT2D eigenvalue weighted by Gasteiger charge is 2.52. The summed E-state index contributed by atoms with van der Waals surface area (Å²) < 4.78 is 58.1. The Hall–Kier alpha value is -1.89. The van der Waals surface area contributed by atoms with E-state index >= 15 is 0 Å². The average molecular weight is 464 g/mol. The lowest BCUT2D eigenvalue weighted by Crippen LogP contribution is -2.66. The van der Waals surface area contributed by atoms with Crippen LogP contribution < -0.4 is 5.32 Å². The van der Waals surface area contributed by atoms with Crippen molar-refractivity contribution in [2.45, 2.75) is 56.3 Å². The first-order valence-corrected chi connectivity index (χ1v) is 8.39. The van der Waals surface area contributed by atoms with Gasteiger partial charge in [0.2, 0.25) is 0 Å². The number of carbonyl (C=O) groups is 4. The molecule has 1 amide bonds. The van der Waals surface area contributed by atoms with Gasteiger partial charge in [-0.25, -0.2) is 0 Å². The minimum atomic E-state index is -5.24. The largest absolute Gasteiger partial charge is 0.471 e. The van der Waals surface area contributed by atoms with Crippen molar-refractivity contribution in [2.75, 3.05) is 6.61 Å². The molecule has 1 N–H and O–H groups in total. The quantitative estimate of drug-likeness (QED) is 0.357. The lowest BCUT2D eigenvalue weighted by molar-refractivity contribution is -0.208. The highest BCUT2D eigenvalue weighted by Crippen LogP contribution is 2.30. The molecule has 1 aliphatic rings. The first-order chi connectivity index (χ1) is 12.3. The van der Waals surface area contributed by atoms with E-state index in [2.05, 4.69) is 15.9 Å². The van der Waals surface area contributed by atoms with E-state index < -0.39 is 66.0 Å². The van der Waals surface area contributed by atoms with Gasteiger partial charge in [-0.15, -0.1) is 0 Å². The molecular weight excluding hydrogens is 447 g/mol. The SMILES string of the molecule is CC(=O)OC[C@H]1O[C@@H](Br)[C@H](OC(C)=O)[C@H](NC(=O)C(F)(F)F)[C@@H]1OC(C)=O. The number of carbonyl (C=O) groups excluding carboxylic acids is 4. The summed E-state index contributed by atoms with van der Waals surface area (Å²) in [6, 6.07) is -1.63. The van der Waals surface area contributed by atoms with Gasteiger partial charge in [-0.3, -0.25) is 19.2 Å². The second-order valence-electron chi connectivity index (χ2n) is 5.47. The van der Waals surface area contributed by atoms with Crippen LogP contribution >= 0.6 is 15.9 Å². The summed E-state index contributed by atoms with van der Waals surface area (Å²) in [5.41, 5.74) is 0. The fraction of sp³-hybridized carbons (Fsp3) is 0.714. The summed E-state index contributed by atoms with van der Waals surface area (Å²) in [5.74, 6) is -4.84. The van der Waals surface area contributed by atoms with Crippen LogP contribution in [-0.2, 0) is 38.1 Å². The molecule has 5 atom stereocenters. The van der Waals surface area contributed by atoms with Gasteiger partial charge < -0.3 is 24.3 Å². The van der Waals surface area contributed by atoms with E-state index in [9.17, 15) is 32.3 Å². The maximum absolute atomic E-state index is 12.7. The van der Waals surface area contributed by atoms with Crippen molar-refractivity contribution in [2.24, 2.45) is 0 Å². The third-order valence-corrected chi connectivity index (χ3v) is 3.98. The molecule has 13 heteroatoms. The second kappa shape index (κ2) is 9.35. The van der Waals surface area contributed by atoms with Crippen LogP contribution in [0.5, 0.6) is 0 Å². The lowest BCUT2D eigenvalue weighted by atomic mass is 9.96. The minimum absolute atomic E-state index is 0.486. The van der Waals surface area contributed by atoms with Crippen molar-refractivity contribution >= 4 is 39.7 Å². The monoisotopic (exact) mass is 463 g/mol. The highest BCUT2D eigenvalue weighted by molar-refractivity contribution is 9.09. The molecule has 1 heterocycles. The van der Waals surface area contributed by atoms with Gasteiger partial charge in [0.15, 0.2) is 17.2 Å². The fourth-order valence-electron chi connectivity index (χ4n) is 2.29. The topological polar surface area (TPSA) is 117 Å². The van der Waals surface area contributed by atoms with Gasteiger partial charge >= 0.3 is 30.0 Å². The van der Waals surface area contributed by atoms with Gasteiger partial charge in [-0.2, -0.15) is 13.2 Å². The summed E-state index contributed by atoms with van der Waals surface area (Å²) in [6.45, 7) is 2.57. The van der Waals surface area contributed by atoms with Crippen molar-refractivity contribution in [3.05, 3.63) is 0 Å². The molecule has 1 aliphatic heterocycles. The molecule has 0 spiro atoms. The maximum atomic E-state index is 12.7. The summed E-state index contributed by atoms with van der Waals surface area (Å²) in [7, 11) is 0. The average Bonchev–Trinajstić information content (AvgIpc) is 2.49. The van der Waals surface area contributed by atoms with Gasteiger partial charge in [0.1, 0.15) is 18.8 Å². The van der Waals surface area contributed by atoms with Gasteiger partial charge in [0, 0.05) is 20.8 Å². The normalized spacial score (nSPS) is 28.0. The van der Waals surface area contributed by atoms with Crippen molar-refractivity contribution in [3.8, 4) is 0 Å². The van der Waals surface area contributed by atoms with E-state index in [1.54, 1.807) is 5.32 Å². The van der Waals surface area contributed by atoms with Crippen molar-refractivity contribution < 1.29 is 51.3 Å². The van der Waals surface area contributed by atoms with Crippen molar-refractivity contribution in [3.63, 3.8) is 0 Å². The molecular formula is C14H17BrF3NO8. The van der Waals surface area contributed by atoms with Crippen molar-refractivity contribution in [1.29, 1.82) is 0 Å². The molecule has 9 nitrogen and oxygen atoms in total. The first kappa shape index (κ1) is 23.1. The molecule has 154 valence electrons. The molecule has 1 rings (SSSR count). The number of ether oxygens (including phenoxy) is 4. The summed E-state index contributed by atoms with van der Waals surface area (Å²) in [5, 5.41) is 0.461. The molecule has 0 radical (unpaired) electrons. The predicted octanol–water partition coefficient (Wildman–Crippen LogP) is 0.580. The first-order valence-electron chi connectivity index (χ1n) is 7.48. The van der Waals surface area contributed by atoms with E-state index in [4.69, 9.17) is 18.9 Å². The molecule has 1 fully saturated rings. The maximum Gasteiger partial charge on any atom is 0.471 e. The molecule has 0 aromatic rings. The smallest absolute Gasteiger partial charge is 0.463 e. The standard InChI is InChI=1S/C14H17BrF3NO8/c1-5(20)24-4-8-10(25-6(2)21)9(19-13(23)14(16,17)18)11(12(15)27-8)26-7(3)22/h8-12H,4H2,1-3H3,(H,19,23)/t8-,9-,10-,11-,12-/m1/s1. The van der Waals surface area contributed by atoms with E-state index in [1.165, 1.54) is 0 Å². The summed E-state index contributed by atoms with van der Waals surface area (Å²) >= 11 is 2.99. The Labute approximate surface area is 159 Å². The summed E-state index contributed by atoms with van der Waals surface area (Å²) in [6.07, 6.45) is -9.49. The Morgan fingerprint density at radius 2 is 1.52 bits per heavy atom. The van der Waals surface area contributed by atoms with E-state index in [0.717, 1.165) is 20.8 Å². The number of nitrogens with one attached hydrogen (secondary N) is 1. The number of rotatable bonds is 5.